The molecule has 0 bridgehead atoms. The monoisotopic (exact) mass is 357 g/mol. The van der Waals surface area contributed by atoms with E-state index in [-0.39, 0.29) is 5.69 Å². The molecule has 5 heteroatoms. The van der Waals surface area contributed by atoms with Crippen molar-refractivity contribution in [3.05, 3.63) is 34.2 Å². The lowest BCUT2D eigenvalue weighted by atomic mass is 9.90. The number of likely N-dealkylation sites (tertiary alicyclic amines) is 1. The first-order chi connectivity index (χ1) is 12.7. The van der Waals surface area contributed by atoms with Gasteiger partial charge < -0.3 is 14.6 Å². The molecule has 0 atom stereocenters. The van der Waals surface area contributed by atoms with Crippen LogP contribution >= 0.6 is 0 Å². The Morgan fingerprint density at radius 3 is 2.50 bits per heavy atom. The maximum absolute atomic E-state index is 12.5. The van der Waals surface area contributed by atoms with Crippen LogP contribution in [0.2, 0.25) is 0 Å². The summed E-state index contributed by atoms with van der Waals surface area (Å²) in [5, 5.41) is 0. The largest absolute Gasteiger partial charge is 0.379 e. The maximum Gasteiger partial charge on any atom is 0.326 e. The van der Waals surface area contributed by atoms with Gasteiger partial charge in [-0.2, -0.15) is 0 Å². The quantitative estimate of drug-likeness (QED) is 0.909. The molecule has 1 aliphatic heterocycles. The number of aromatic amines is 1. The molecule has 2 heterocycles. The van der Waals surface area contributed by atoms with E-state index in [2.05, 4.69) is 41.9 Å². The van der Waals surface area contributed by atoms with Gasteiger partial charge in [0.25, 0.3) is 0 Å². The summed E-state index contributed by atoms with van der Waals surface area (Å²) in [6.45, 7) is 7.18. The number of nitrogens with zero attached hydrogens (tertiary/aromatic N) is 2. The minimum Gasteiger partial charge on any atom is -0.379 e. The number of fused-ring (bicyclic) bond motifs is 1. The van der Waals surface area contributed by atoms with Crippen molar-refractivity contribution in [2.75, 3.05) is 19.7 Å². The van der Waals surface area contributed by atoms with Gasteiger partial charge in [-0.15, -0.1) is 0 Å². The van der Waals surface area contributed by atoms with Crippen molar-refractivity contribution in [2.24, 2.45) is 0 Å². The zero-order valence-electron chi connectivity index (χ0n) is 16.0. The Morgan fingerprint density at radius 2 is 1.81 bits per heavy atom. The van der Waals surface area contributed by atoms with E-state index in [1.165, 1.54) is 31.2 Å². The first-order valence-corrected chi connectivity index (χ1v) is 10.2. The normalized spacial score (nSPS) is 25.8. The van der Waals surface area contributed by atoms with E-state index < -0.39 is 0 Å². The van der Waals surface area contributed by atoms with Crippen LogP contribution in [0.4, 0.5) is 0 Å². The van der Waals surface area contributed by atoms with Gasteiger partial charge in [0.1, 0.15) is 0 Å². The molecular formula is C21H31N3O2. The summed E-state index contributed by atoms with van der Waals surface area (Å²) in [5.41, 5.74) is 3.24. The summed E-state index contributed by atoms with van der Waals surface area (Å²) in [6, 6.07) is 7.27. The van der Waals surface area contributed by atoms with Crippen LogP contribution in [0, 0.1) is 6.92 Å². The topological polar surface area (TPSA) is 50.3 Å². The molecule has 1 saturated heterocycles. The van der Waals surface area contributed by atoms with Gasteiger partial charge in [-0.05, 0) is 70.1 Å². The number of imidazole rings is 1. The minimum atomic E-state index is 0.0428. The standard InChI is InChI=1S/C21H31N3O2/c1-3-26-18-7-5-16(6-8-18)23-12-10-17(11-13-23)24-20-9-4-15(2)14-19(20)22-21(24)25/h4,9,14,16-18H,3,5-8,10-13H2,1-2H3,(H,22,25). The second-order valence-corrected chi connectivity index (χ2v) is 7.97. The van der Waals surface area contributed by atoms with E-state index in [9.17, 15) is 4.79 Å². The molecule has 2 fully saturated rings. The summed E-state index contributed by atoms with van der Waals surface area (Å²) in [6.07, 6.45) is 7.49. The highest BCUT2D eigenvalue weighted by Crippen LogP contribution is 2.31. The second kappa shape index (κ2) is 7.57. The molecule has 0 unspecified atom stereocenters. The molecule has 4 rings (SSSR count). The van der Waals surface area contributed by atoms with Crippen LogP contribution in [-0.4, -0.2) is 46.3 Å². The fraction of sp³-hybridized carbons (Fsp3) is 0.667. The van der Waals surface area contributed by atoms with Gasteiger partial charge in [0, 0.05) is 31.8 Å². The molecule has 1 N–H and O–H groups in total. The molecule has 0 amide bonds. The summed E-state index contributed by atoms with van der Waals surface area (Å²) >= 11 is 0. The van der Waals surface area contributed by atoms with E-state index in [1.807, 2.05) is 4.57 Å². The van der Waals surface area contributed by atoms with Crippen LogP contribution in [0.25, 0.3) is 11.0 Å². The fourth-order valence-electron chi connectivity index (χ4n) is 4.93. The lowest BCUT2D eigenvalue weighted by molar-refractivity contribution is 0.00796. The molecule has 0 spiro atoms. The smallest absolute Gasteiger partial charge is 0.326 e. The van der Waals surface area contributed by atoms with Crippen molar-refractivity contribution in [3.8, 4) is 0 Å². The van der Waals surface area contributed by atoms with E-state index >= 15 is 0 Å². The maximum atomic E-state index is 12.5. The van der Waals surface area contributed by atoms with Crippen molar-refractivity contribution in [1.82, 2.24) is 14.5 Å². The predicted octanol–water partition coefficient (Wildman–Crippen LogP) is 3.62. The highest BCUT2D eigenvalue weighted by molar-refractivity contribution is 5.76. The average Bonchev–Trinajstić information content (AvgIpc) is 2.97. The number of hydrogen-bond acceptors (Lipinski definition) is 3. The van der Waals surface area contributed by atoms with E-state index in [1.54, 1.807) is 0 Å². The third kappa shape index (κ3) is 3.47. The van der Waals surface area contributed by atoms with Gasteiger partial charge in [-0.25, -0.2) is 4.79 Å². The Labute approximate surface area is 155 Å². The van der Waals surface area contributed by atoms with Crippen molar-refractivity contribution >= 4 is 11.0 Å². The second-order valence-electron chi connectivity index (χ2n) is 7.97. The van der Waals surface area contributed by atoms with Gasteiger partial charge in [0.05, 0.1) is 17.1 Å². The Morgan fingerprint density at radius 1 is 1.08 bits per heavy atom. The number of nitrogens with one attached hydrogen (secondary N) is 1. The van der Waals surface area contributed by atoms with Gasteiger partial charge >= 0.3 is 5.69 Å². The Hall–Kier alpha value is -1.59. The molecule has 5 nitrogen and oxygen atoms in total. The minimum absolute atomic E-state index is 0.0428. The average molecular weight is 357 g/mol. The number of ether oxygens (including phenoxy) is 1. The fourth-order valence-corrected chi connectivity index (χ4v) is 4.93. The van der Waals surface area contributed by atoms with E-state index in [4.69, 9.17) is 4.74 Å². The third-order valence-electron chi connectivity index (χ3n) is 6.30. The van der Waals surface area contributed by atoms with E-state index in [0.29, 0.717) is 18.2 Å². The van der Waals surface area contributed by atoms with Crippen LogP contribution < -0.4 is 5.69 Å². The van der Waals surface area contributed by atoms with Crippen molar-refractivity contribution < 1.29 is 4.74 Å². The molecule has 1 aromatic heterocycles. The SMILES string of the molecule is CCOC1CCC(N2CCC(n3c(=O)[nH]c4cc(C)ccc43)CC2)CC1. The molecule has 142 valence electrons. The van der Waals surface area contributed by atoms with Crippen LogP contribution in [0.15, 0.2) is 23.0 Å². The Bertz CT molecular complexity index is 793. The molecule has 1 saturated carbocycles. The predicted molar refractivity (Wildman–Crippen MR) is 105 cm³/mol. The number of benzene rings is 1. The first-order valence-electron chi connectivity index (χ1n) is 10.2. The lowest BCUT2D eigenvalue weighted by Crippen LogP contribution is -2.45. The van der Waals surface area contributed by atoms with Crippen molar-refractivity contribution in [3.63, 3.8) is 0 Å². The number of piperidine rings is 1. The lowest BCUT2D eigenvalue weighted by Gasteiger charge is -2.40. The summed E-state index contributed by atoms with van der Waals surface area (Å²) in [4.78, 5) is 18.2. The van der Waals surface area contributed by atoms with Crippen LogP contribution in [0.1, 0.15) is 57.1 Å². The summed E-state index contributed by atoms with van der Waals surface area (Å²) in [5.74, 6) is 0. The molecule has 1 aliphatic carbocycles. The van der Waals surface area contributed by atoms with E-state index in [0.717, 1.165) is 43.6 Å². The molecule has 0 radical (unpaired) electrons. The molecule has 26 heavy (non-hydrogen) atoms. The molecule has 2 aromatic rings. The zero-order valence-corrected chi connectivity index (χ0v) is 16.0. The highest BCUT2D eigenvalue weighted by Gasteiger charge is 2.30. The number of rotatable bonds is 4. The van der Waals surface area contributed by atoms with Crippen LogP contribution in [0.3, 0.4) is 0 Å². The van der Waals surface area contributed by atoms with Gasteiger partial charge in [0.2, 0.25) is 0 Å². The van der Waals surface area contributed by atoms with Crippen molar-refractivity contribution in [2.45, 2.75) is 70.6 Å². The van der Waals surface area contributed by atoms with Crippen LogP contribution in [-0.2, 0) is 4.74 Å². The van der Waals surface area contributed by atoms with Gasteiger partial charge in [-0.3, -0.25) is 4.57 Å². The number of aryl methyl sites for hydroxylation is 1. The number of H-pyrrole nitrogens is 1. The van der Waals surface area contributed by atoms with Crippen LogP contribution in [0.5, 0.6) is 0 Å². The molecule has 2 aliphatic rings. The number of aromatic nitrogens is 2. The summed E-state index contributed by atoms with van der Waals surface area (Å²) in [7, 11) is 0. The van der Waals surface area contributed by atoms with Gasteiger partial charge in [0.15, 0.2) is 0 Å². The Kier molecular flexibility index (Phi) is 5.18. The summed E-state index contributed by atoms with van der Waals surface area (Å²) < 4.78 is 7.78. The van der Waals surface area contributed by atoms with Gasteiger partial charge in [-0.1, -0.05) is 6.07 Å². The highest BCUT2D eigenvalue weighted by atomic mass is 16.5. The molecule has 1 aromatic carbocycles. The Balaban J connectivity index is 1.40. The van der Waals surface area contributed by atoms with Crippen molar-refractivity contribution in [1.29, 1.82) is 0 Å². The number of hydrogen-bond donors (Lipinski definition) is 1. The first kappa shape index (κ1) is 17.8. The molecular weight excluding hydrogens is 326 g/mol. The third-order valence-corrected chi connectivity index (χ3v) is 6.30. The zero-order chi connectivity index (χ0) is 18.1.